The van der Waals surface area contributed by atoms with Crippen LogP contribution in [0.3, 0.4) is 0 Å². The molecule has 0 unspecified atom stereocenters. The first-order chi connectivity index (χ1) is 7.34. The zero-order valence-corrected chi connectivity index (χ0v) is 10.9. The number of rotatable bonds is 4. The van der Waals surface area contributed by atoms with Crippen LogP contribution in [0.4, 0.5) is 0 Å². The fraction of sp³-hybridized carbons (Fsp3) is 0.700. The summed E-state index contributed by atoms with van der Waals surface area (Å²) in [4.78, 5) is 6.66. The van der Waals surface area contributed by atoms with E-state index < -0.39 is 0 Å². The van der Waals surface area contributed by atoms with E-state index in [0.717, 1.165) is 43.1 Å². The molecule has 0 N–H and O–H groups in total. The summed E-state index contributed by atoms with van der Waals surface area (Å²) >= 11 is 2.24. The summed E-state index contributed by atoms with van der Waals surface area (Å²) in [5.74, 6) is 0. The van der Waals surface area contributed by atoms with Crippen LogP contribution in [0.5, 0.6) is 0 Å². The van der Waals surface area contributed by atoms with E-state index in [4.69, 9.17) is 4.74 Å². The zero-order chi connectivity index (χ0) is 10.5. The van der Waals surface area contributed by atoms with Gasteiger partial charge in [-0.2, -0.15) is 0 Å². The summed E-state index contributed by atoms with van der Waals surface area (Å²) in [6.07, 6.45) is 5.17. The van der Waals surface area contributed by atoms with Crippen LogP contribution in [0.1, 0.15) is 6.42 Å². The third-order valence-electron chi connectivity index (χ3n) is 2.60. The molecule has 5 heteroatoms. The predicted octanol–water partition coefficient (Wildman–Crippen LogP) is 1.21. The molecule has 0 atom stereocenters. The minimum atomic E-state index is 0.892. The first kappa shape index (κ1) is 11.3. The van der Waals surface area contributed by atoms with Gasteiger partial charge in [-0.15, -0.1) is 0 Å². The molecule has 1 saturated heterocycles. The molecule has 1 fully saturated rings. The highest BCUT2D eigenvalue weighted by atomic mass is 127. The number of imidazole rings is 1. The lowest BCUT2D eigenvalue weighted by Crippen LogP contribution is -2.37. The van der Waals surface area contributed by atoms with Gasteiger partial charge in [0.15, 0.2) is 0 Å². The maximum absolute atomic E-state index is 5.31. The second-order valence-electron chi connectivity index (χ2n) is 3.74. The molecule has 1 aliphatic rings. The molecular formula is C10H16IN3O. The third kappa shape index (κ3) is 3.73. The van der Waals surface area contributed by atoms with Crippen LogP contribution >= 0.6 is 22.6 Å². The Morgan fingerprint density at radius 3 is 2.80 bits per heavy atom. The van der Waals surface area contributed by atoms with Gasteiger partial charge in [0.05, 0.1) is 19.5 Å². The van der Waals surface area contributed by atoms with Gasteiger partial charge in [-0.05, 0) is 29.0 Å². The highest BCUT2D eigenvalue weighted by Gasteiger charge is 2.09. The van der Waals surface area contributed by atoms with Gasteiger partial charge in [0.1, 0.15) is 3.70 Å². The molecule has 0 radical (unpaired) electrons. The Kier molecular flexibility index (Phi) is 4.40. The van der Waals surface area contributed by atoms with E-state index in [1.807, 2.05) is 6.33 Å². The molecule has 0 spiro atoms. The summed E-state index contributed by atoms with van der Waals surface area (Å²) in [5, 5.41) is 0. The van der Waals surface area contributed by atoms with Crippen LogP contribution < -0.4 is 0 Å². The quantitative estimate of drug-likeness (QED) is 0.781. The van der Waals surface area contributed by atoms with E-state index in [-0.39, 0.29) is 0 Å². The molecule has 1 aromatic heterocycles. The number of morpholine rings is 1. The molecule has 15 heavy (non-hydrogen) atoms. The molecule has 0 bridgehead atoms. The Morgan fingerprint density at radius 2 is 2.13 bits per heavy atom. The minimum Gasteiger partial charge on any atom is -0.379 e. The molecule has 0 aromatic carbocycles. The van der Waals surface area contributed by atoms with Crippen molar-refractivity contribution in [1.29, 1.82) is 0 Å². The molecule has 0 aliphatic carbocycles. The topological polar surface area (TPSA) is 30.3 Å². The van der Waals surface area contributed by atoms with Gasteiger partial charge in [0, 0.05) is 32.4 Å². The summed E-state index contributed by atoms with van der Waals surface area (Å²) in [6.45, 7) is 6.18. The normalized spacial score (nSPS) is 18.2. The van der Waals surface area contributed by atoms with Crippen LogP contribution in [0.25, 0.3) is 0 Å². The molecule has 4 nitrogen and oxygen atoms in total. The van der Waals surface area contributed by atoms with E-state index in [0.29, 0.717) is 0 Å². The van der Waals surface area contributed by atoms with Gasteiger partial charge in [0.2, 0.25) is 0 Å². The molecule has 2 rings (SSSR count). The van der Waals surface area contributed by atoms with Crippen molar-refractivity contribution >= 4 is 22.6 Å². The second-order valence-corrected chi connectivity index (χ2v) is 4.85. The Balaban J connectivity index is 1.65. The van der Waals surface area contributed by atoms with Crippen molar-refractivity contribution in [3.05, 3.63) is 16.2 Å². The summed E-state index contributed by atoms with van der Waals surface area (Å²) in [5.41, 5.74) is 0. The smallest absolute Gasteiger partial charge is 0.119 e. The van der Waals surface area contributed by atoms with Crippen LogP contribution in [0, 0.1) is 3.70 Å². The number of aromatic nitrogens is 2. The first-order valence-electron chi connectivity index (χ1n) is 5.32. The number of ether oxygens (including phenoxy) is 1. The summed E-state index contributed by atoms with van der Waals surface area (Å²) < 4.78 is 8.53. The van der Waals surface area contributed by atoms with Crippen LogP contribution in [-0.4, -0.2) is 47.3 Å². The van der Waals surface area contributed by atoms with Crippen molar-refractivity contribution in [2.24, 2.45) is 0 Å². The zero-order valence-electron chi connectivity index (χ0n) is 8.73. The molecule has 1 aliphatic heterocycles. The van der Waals surface area contributed by atoms with E-state index >= 15 is 0 Å². The largest absolute Gasteiger partial charge is 0.379 e. The average molecular weight is 321 g/mol. The fourth-order valence-corrected chi connectivity index (χ4v) is 2.24. The van der Waals surface area contributed by atoms with E-state index in [1.54, 1.807) is 0 Å². The number of nitrogens with zero attached hydrogens (tertiary/aromatic N) is 3. The first-order valence-corrected chi connectivity index (χ1v) is 6.40. The molecule has 84 valence electrons. The highest BCUT2D eigenvalue weighted by molar-refractivity contribution is 14.1. The third-order valence-corrected chi connectivity index (χ3v) is 3.15. The van der Waals surface area contributed by atoms with Gasteiger partial charge < -0.3 is 9.30 Å². The molecular weight excluding hydrogens is 305 g/mol. The van der Waals surface area contributed by atoms with Gasteiger partial charge in [-0.1, -0.05) is 0 Å². The van der Waals surface area contributed by atoms with Crippen LogP contribution in [0.15, 0.2) is 12.5 Å². The van der Waals surface area contributed by atoms with Crippen LogP contribution in [0.2, 0.25) is 0 Å². The van der Waals surface area contributed by atoms with Crippen molar-refractivity contribution in [3.63, 3.8) is 0 Å². The number of hydrogen-bond donors (Lipinski definition) is 0. The van der Waals surface area contributed by atoms with E-state index in [2.05, 4.69) is 43.2 Å². The molecule has 0 amide bonds. The standard InChI is InChI=1S/C10H16IN3O/c11-10-8-14(9-12-10)3-1-2-13-4-6-15-7-5-13/h8-9H,1-7H2. The maximum atomic E-state index is 5.31. The van der Waals surface area contributed by atoms with Crippen LogP contribution in [-0.2, 0) is 11.3 Å². The van der Waals surface area contributed by atoms with Crippen molar-refractivity contribution in [2.45, 2.75) is 13.0 Å². The lowest BCUT2D eigenvalue weighted by molar-refractivity contribution is 0.0369. The monoisotopic (exact) mass is 321 g/mol. The Bertz CT molecular complexity index is 297. The van der Waals surface area contributed by atoms with Gasteiger partial charge in [-0.3, -0.25) is 4.90 Å². The molecule has 1 aromatic rings. The summed E-state index contributed by atoms with van der Waals surface area (Å²) in [7, 11) is 0. The van der Waals surface area contributed by atoms with E-state index in [1.165, 1.54) is 6.42 Å². The van der Waals surface area contributed by atoms with Crippen molar-refractivity contribution < 1.29 is 4.74 Å². The van der Waals surface area contributed by atoms with E-state index in [9.17, 15) is 0 Å². The summed E-state index contributed by atoms with van der Waals surface area (Å²) in [6, 6.07) is 0. The Labute approximate surface area is 104 Å². The fourth-order valence-electron chi connectivity index (χ4n) is 1.76. The highest BCUT2D eigenvalue weighted by Crippen LogP contribution is 2.02. The lowest BCUT2D eigenvalue weighted by Gasteiger charge is -2.26. The number of aryl methyl sites for hydroxylation is 1. The Hall–Kier alpha value is -0.140. The predicted molar refractivity (Wildman–Crippen MR) is 66.8 cm³/mol. The van der Waals surface area contributed by atoms with Crippen molar-refractivity contribution in [2.75, 3.05) is 32.8 Å². The Morgan fingerprint density at radius 1 is 1.33 bits per heavy atom. The second kappa shape index (κ2) is 5.81. The van der Waals surface area contributed by atoms with Crippen molar-refractivity contribution in [3.8, 4) is 0 Å². The van der Waals surface area contributed by atoms with Gasteiger partial charge in [-0.25, -0.2) is 4.98 Å². The lowest BCUT2D eigenvalue weighted by atomic mass is 10.3. The molecule has 2 heterocycles. The van der Waals surface area contributed by atoms with Crippen molar-refractivity contribution in [1.82, 2.24) is 14.5 Å². The van der Waals surface area contributed by atoms with Gasteiger partial charge >= 0.3 is 0 Å². The minimum absolute atomic E-state index is 0.892. The van der Waals surface area contributed by atoms with Gasteiger partial charge in [0.25, 0.3) is 0 Å². The molecule has 0 saturated carbocycles. The number of halogens is 1. The maximum Gasteiger partial charge on any atom is 0.119 e. The average Bonchev–Trinajstić information content (AvgIpc) is 2.66. The SMILES string of the molecule is Ic1cn(CCCN2CCOCC2)cn1. The number of hydrogen-bond acceptors (Lipinski definition) is 3.